The number of alkyl halides is 3. The van der Waals surface area contributed by atoms with Crippen LogP contribution in [0.1, 0.15) is 28.8 Å². The number of carbonyl (C=O) groups is 2. The first kappa shape index (κ1) is 24.5. The summed E-state index contributed by atoms with van der Waals surface area (Å²) in [6, 6.07) is 10.5. The Kier molecular flexibility index (Phi) is 9.14. The van der Waals surface area contributed by atoms with E-state index >= 15 is 0 Å². The molecule has 6 nitrogen and oxygen atoms in total. The monoisotopic (exact) mass is 458 g/mol. The van der Waals surface area contributed by atoms with Gasteiger partial charge in [-0.05, 0) is 55.0 Å². The maximum atomic E-state index is 12.5. The van der Waals surface area contributed by atoms with Crippen molar-refractivity contribution in [2.75, 3.05) is 19.7 Å². The van der Waals surface area contributed by atoms with Crippen LogP contribution in [0, 0.1) is 0 Å². The fraction of sp³-hybridized carbons (Fsp3) is 0.333. The molecule has 0 aliphatic carbocycles. The summed E-state index contributed by atoms with van der Waals surface area (Å²) in [7, 11) is 0. The third-order valence-corrected chi connectivity index (χ3v) is 4.38. The van der Waals surface area contributed by atoms with Crippen LogP contribution in [0.5, 0.6) is 5.75 Å². The Bertz CT molecular complexity index is 858. The zero-order valence-electron chi connectivity index (χ0n) is 16.4. The van der Waals surface area contributed by atoms with E-state index in [1.807, 2.05) is 0 Å². The number of halogens is 4. The number of rotatable bonds is 10. The van der Waals surface area contributed by atoms with Crippen molar-refractivity contribution in [1.82, 2.24) is 10.6 Å². The lowest BCUT2D eigenvalue weighted by Gasteiger charge is -2.14. The van der Waals surface area contributed by atoms with Crippen molar-refractivity contribution in [3.8, 4) is 5.75 Å². The van der Waals surface area contributed by atoms with E-state index in [0.717, 1.165) is 24.3 Å². The van der Waals surface area contributed by atoms with Crippen molar-refractivity contribution in [3.05, 3.63) is 64.7 Å². The Morgan fingerprint density at radius 1 is 1.03 bits per heavy atom. The Hall–Kier alpha value is -2.78. The van der Waals surface area contributed by atoms with Crippen LogP contribution < -0.4 is 15.4 Å². The molecule has 31 heavy (non-hydrogen) atoms. The molecule has 0 fully saturated rings. The van der Waals surface area contributed by atoms with Gasteiger partial charge in [0.2, 0.25) is 5.91 Å². The lowest BCUT2D eigenvalue weighted by Crippen LogP contribution is -2.35. The van der Waals surface area contributed by atoms with Crippen LogP contribution in [0.2, 0.25) is 5.02 Å². The van der Waals surface area contributed by atoms with Gasteiger partial charge in [-0.2, -0.15) is 13.2 Å². The summed E-state index contributed by atoms with van der Waals surface area (Å²) < 4.78 is 42.7. The molecule has 2 aromatic rings. The zero-order chi connectivity index (χ0) is 22.9. The summed E-state index contributed by atoms with van der Waals surface area (Å²) >= 11 is 5.76. The SMILES string of the molecule is O=C(CCCNC(=O)c1ccc(Cl)cc1)NCC(O)COc1ccc(C(F)(F)F)cc1. The van der Waals surface area contributed by atoms with E-state index in [2.05, 4.69) is 10.6 Å². The third-order valence-electron chi connectivity index (χ3n) is 4.13. The van der Waals surface area contributed by atoms with Crippen molar-refractivity contribution in [3.63, 3.8) is 0 Å². The third kappa shape index (κ3) is 8.85. The second-order valence-corrected chi connectivity index (χ2v) is 7.09. The zero-order valence-corrected chi connectivity index (χ0v) is 17.2. The van der Waals surface area contributed by atoms with Gasteiger partial charge in [0.15, 0.2) is 0 Å². The molecule has 1 unspecified atom stereocenters. The maximum absolute atomic E-state index is 12.5. The lowest BCUT2D eigenvalue weighted by atomic mass is 10.2. The van der Waals surface area contributed by atoms with Crippen molar-refractivity contribution in [2.45, 2.75) is 25.1 Å². The molecule has 0 bridgehead atoms. The normalized spacial score (nSPS) is 12.2. The standard InChI is InChI=1S/C21H22ClF3N2O4/c22-16-7-3-14(4-8-16)20(30)26-11-1-2-19(29)27-12-17(28)13-31-18-9-5-15(6-10-18)21(23,24)25/h3-10,17,28H,1-2,11-13H2,(H,26,30)(H,27,29). The number of amides is 2. The average molecular weight is 459 g/mol. The van der Waals surface area contributed by atoms with Crippen molar-refractivity contribution in [2.24, 2.45) is 0 Å². The topological polar surface area (TPSA) is 87.7 Å². The number of aliphatic hydroxyl groups excluding tert-OH is 1. The highest BCUT2D eigenvalue weighted by Crippen LogP contribution is 2.30. The minimum Gasteiger partial charge on any atom is -0.491 e. The van der Waals surface area contributed by atoms with Gasteiger partial charge in [0.25, 0.3) is 5.91 Å². The van der Waals surface area contributed by atoms with Crippen LogP contribution in [0.3, 0.4) is 0 Å². The molecule has 1 atom stereocenters. The number of nitrogens with one attached hydrogen (secondary N) is 2. The summed E-state index contributed by atoms with van der Waals surface area (Å²) in [6.45, 7) is 0.0356. The first-order valence-electron chi connectivity index (χ1n) is 9.44. The van der Waals surface area contributed by atoms with Crippen LogP contribution in [0.25, 0.3) is 0 Å². The maximum Gasteiger partial charge on any atom is 0.416 e. The summed E-state index contributed by atoms with van der Waals surface area (Å²) in [6.07, 6.45) is -4.91. The molecule has 2 rings (SSSR count). The van der Waals surface area contributed by atoms with E-state index in [1.54, 1.807) is 24.3 Å². The summed E-state index contributed by atoms with van der Waals surface area (Å²) in [5.74, 6) is -0.406. The number of carbonyl (C=O) groups excluding carboxylic acids is 2. The van der Waals surface area contributed by atoms with E-state index in [4.69, 9.17) is 16.3 Å². The first-order valence-corrected chi connectivity index (χ1v) is 9.81. The summed E-state index contributed by atoms with van der Waals surface area (Å²) in [5.41, 5.74) is -0.331. The first-order chi connectivity index (χ1) is 14.6. The molecule has 10 heteroatoms. The highest BCUT2D eigenvalue weighted by molar-refractivity contribution is 6.30. The van der Waals surface area contributed by atoms with Crippen molar-refractivity contribution in [1.29, 1.82) is 0 Å². The van der Waals surface area contributed by atoms with Crippen LogP contribution in [0.4, 0.5) is 13.2 Å². The molecule has 0 heterocycles. The smallest absolute Gasteiger partial charge is 0.416 e. The molecule has 0 radical (unpaired) electrons. The van der Waals surface area contributed by atoms with Crippen LogP contribution >= 0.6 is 11.6 Å². The molecule has 0 aliphatic rings. The number of benzene rings is 2. The quantitative estimate of drug-likeness (QED) is 0.476. The van der Waals surface area contributed by atoms with Gasteiger partial charge in [0.1, 0.15) is 18.5 Å². The van der Waals surface area contributed by atoms with Gasteiger partial charge >= 0.3 is 6.18 Å². The molecule has 2 amide bonds. The average Bonchev–Trinajstić information content (AvgIpc) is 2.73. The van der Waals surface area contributed by atoms with E-state index in [-0.39, 0.29) is 37.1 Å². The number of hydrogen-bond acceptors (Lipinski definition) is 4. The van der Waals surface area contributed by atoms with Crippen LogP contribution in [0.15, 0.2) is 48.5 Å². The number of ether oxygens (including phenoxy) is 1. The van der Waals surface area contributed by atoms with E-state index < -0.39 is 17.8 Å². The largest absolute Gasteiger partial charge is 0.491 e. The Labute approximate surface area is 182 Å². The molecule has 0 saturated heterocycles. The molecule has 0 spiro atoms. The fourth-order valence-corrected chi connectivity index (χ4v) is 2.59. The Balaban J connectivity index is 1.59. The Morgan fingerprint density at radius 3 is 2.29 bits per heavy atom. The number of aliphatic hydroxyl groups is 1. The fourth-order valence-electron chi connectivity index (χ4n) is 2.47. The second kappa shape index (κ2) is 11.6. The minimum absolute atomic E-state index is 0.0728. The van der Waals surface area contributed by atoms with Crippen LogP contribution in [-0.2, 0) is 11.0 Å². The molecule has 2 aromatic carbocycles. The molecule has 3 N–H and O–H groups in total. The van der Waals surface area contributed by atoms with E-state index in [0.29, 0.717) is 23.6 Å². The van der Waals surface area contributed by atoms with Gasteiger partial charge in [0.05, 0.1) is 5.56 Å². The van der Waals surface area contributed by atoms with Crippen molar-refractivity contribution < 1.29 is 32.6 Å². The van der Waals surface area contributed by atoms with Gasteiger partial charge in [-0.3, -0.25) is 9.59 Å². The minimum atomic E-state index is -4.43. The van der Waals surface area contributed by atoms with Gasteiger partial charge in [-0.15, -0.1) is 0 Å². The van der Waals surface area contributed by atoms with Crippen LogP contribution in [-0.4, -0.2) is 42.7 Å². The lowest BCUT2D eigenvalue weighted by molar-refractivity contribution is -0.137. The summed E-state index contributed by atoms with van der Waals surface area (Å²) in [4.78, 5) is 23.7. The van der Waals surface area contributed by atoms with Gasteiger partial charge in [0, 0.05) is 30.1 Å². The highest BCUT2D eigenvalue weighted by atomic mass is 35.5. The van der Waals surface area contributed by atoms with Gasteiger partial charge < -0.3 is 20.5 Å². The predicted molar refractivity (Wildman–Crippen MR) is 109 cm³/mol. The molecule has 0 aromatic heterocycles. The highest BCUT2D eigenvalue weighted by Gasteiger charge is 2.30. The summed E-state index contributed by atoms with van der Waals surface area (Å²) in [5, 5.41) is 15.6. The van der Waals surface area contributed by atoms with E-state index in [1.165, 1.54) is 0 Å². The van der Waals surface area contributed by atoms with E-state index in [9.17, 15) is 27.9 Å². The molecular formula is C21H22ClF3N2O4. The Morgan fingerprint density at radius 2 is 1.68 bits per heavy atom. The molecule has 0 saturated carbocycles. The second-order valence-electron chi connectivity index (χ2n) is 6.66. The molecule has 0 aliphatic heterocycles. The predicted octanol–water partition coefficient (Wildman–Crippen LogP) is 3.42. The van der Waals surface area contributed by atoms with Gasteiger partial charge in [-0.1, -0.05) is 11.6 Å². The van der Waals surface area contributed by atoms with Crippen molar-refractivity contribution >= 4 is 23.4 Å². The molecular weight excluding hydrogens is 437 g/mol. The van der Waals surface area contributed by atoms with Gasteiger partial charge in [-0.25, -0.2) is 0 Å². The molecule has 168 valence electrons. The number of hydrogen-bond donors (Lipinski definition) is 3.